The van der Waals surface area contributed by atoms with Gasteiger partial charge >= 0.3 is 12.3 Å². The molecule has 0 aliphatic rings. The van der Waals surface area contributed by atoms with Crippen LogP contribution in [-0.4, -0.2) is 33.0 Å². The summed E-state index contributed by atoms with van der Waals surface area (Å²) in [5.74, 6) is 0.234. The van der Waals surface area contributed by atoms with Crippen molar-refractivity contribution in [2.75, 3.05) is 11.9 Å². The molecule has 0 aliphatic heterocycles. The van der Waals surface area contributed by atoms with Crippen LogP contribution in [0.4, 0.5) is 29.6 Å². The summed E-state index contributed by atoms with van der Waals surface area (Å²) in [5.41, 5.74) is -1.01. The van der Waals surface area contributed by atoms with Crippen molar-refractivity contribution in [3.05, 3.63) is 41.2 Å². The number of ether oxygens (including phenoxy) is 1. The molecule has 28 heavy (non-hydrogen) atoms. The van der Waals surface area contributed by atoms with E-state index in [1.54, 1.807) is 29.2 Å². The van der Waals surface area contributed by atoms with Crippen LogP contribution >= 0.6 is 11.6 Å². The van der Waals surface area contributed by atoms with Gasteiger partial charge in [0.05, 0.1) is 0 Å². The first-order valence-corrected chi connectivity index (χ1v) is 8.76. The second-order valence-electron chi connectivity index (χ2n) is 6.83. The molecule has 0 unspecified atom stereocenters. The third kappa shape index (κ3) is 5.48. The van der Waals surface area contributed by atoms with Gasteiger partial charge in [-0.2, -0.15) is 13.2 Å². The number of nitrogens with one attached hydrogen (secondary N) is 1. The highest BCUT2D eigenvalue weighted by molar-refractivity contribution is 6.30. The molecule has 2 rings (SSSR count). The number of benzene rings is 1. The Labute approximate surface area is 165 Å². The van der Waals surface area contributed by atoms with E-state index in [1.165, 1.54) is 0 Å². The van der Waals surface area contributed by atoms with Crippen LogP contribution in [0.25, 0.3) is 0 Å². The predicted molar refractivity (Wildman–Crippen MR) is 99.9 cm³/mol. The molecule has 1 heterocycles. The van der Waals surface area contributed by atoms with Crippen LogP contribution in [0.15, 0.2) is 30.5 Å². The van der Waals surface area contributed by atoms with Crippen molar-refractivity contribution in [1.82, 2.24) is 14.9 Å². The molecule has 0 atom stereocenters. The Balaban J connectivity index is 2.07. The number of anilines is 2. The number of alkyl halides is 3. The van der Waals surface area contributed by atoms with E-state index in [1.807, 2.05) is 27.7 Å². The minimum Gasteiger partial charge on any atom is -0.410 e. The van der Waals surface area contributed by atoms with Crippen LogP contribution in [-0.2, 0) is 6.18 Å². The second-order valence-corrected chi connectivity index (χ2v) is 7.19. The van der Waals surface area contributed by atoms with Crippen LogP contribution in [0.2, 0.25) is 5.15 Å². The minimum absolute atomic E-state index is 0.0902. The molecule has 0 fully saturated rings. The van der Waals surface area contributed by atoms with E-state index in [9.17, 15) is 18.0 Å². The zero-order chi connectivity index (χ0) is 21.1. The molecule has 0 spiro atoms. The third-order valence-electron chi connectivity index (χ3n) is 3.71. The summed E-state index contributed by atoms with van der Waals surface area (Å²) >= 11 is 5.57. The summed E-state index contributed by atoms with van der Waals surface area (Å²) < 4.78 is 43.4. The molecule has 1 aromatic carbocycles. The van der Waals surface area contributed by atoms with Gasteiger partial charge in [-0.15, -0.1) is 0 Å². The standard InChI is InChI=1S/C18H20ClF3N4O2/c1-5-26(17(2,3)4)16(27)28-12-8-6-11(7-9-12)24-15-23-10-13(14(19)25-15)18(20,21)22/h6-10H,5H2,1-4H3,(H,23,24,25). The number of hydrogen-bond donors (Lipinski definition) is 1. The molecule has 1 aromatic heterocycles. The van der Waals surface area contributed by atoms with Crippen LogP contribution < -0.4 is 10.1 Å². The van der Waals surface area contributed by atoms with Crippen LogP contribution in [0.1, 0.15) is 33.3 Å². The molecule has 152 valence electrons. The predicted octanol–water partition coefficient (Wildman–Crippen LogP) is 5.51. The smallest absolute Gasteiger partial charge is 0.410 e. The number of halogens is 4. The molecule has 0 aliphatic carbocycles. The highest BCUT2D eigenvalue weighted by Crippen LogP contribution is 2.33. The zero-order valence-electron chi connectivity index (χ0n) is 15.8. The molecule has 10 heteroatoms. The van der Waals surface area contributed by atoms with E-state index >= 15 is 0 Å². The summed E-state index contributed by atoms with van der Waals surface area (Å²) in [4.78, 5) is 21.1. The Hall–Kier alpha value is -2.55. The second kappa shape index (κ2) is 8.22. The number of rotatable bonds is 4. The molecular formula is C18H20ClF3N4O2. The van der Waals surface area contributed by atoms with Gasteiger partial charge in [0.1, 0.15) is 16.5 Å². The average Bonchev–Trinajstić information content (AvgIpc) is 2.54. The van der Waals surface area contributed by atoms with Gasteiger partial charge < -0.3 is 15.0 Å². The van der Waals surface area contributed by atoms with E-state index in [4.69, 9.17) is 16.3 Å². The van der Waals surface area contributed by atoms with Gasteiger partial charge in [0.25, 0.3) is 0 Å². The fourth-order valence-electron chi connectivity index (χ4n) is 2.38. The summed E-state index contributed by atoms with van der Waals surface area (Å²) in [5, 5.41) is 2.04. The Morgan fingerprint density at radius 1 is 1.21 bits per heavy atom. The normalized spacial score (nSPS) is 11.9. The van der Waals surface area contributed by atoms with E-state index in [2.05, 4.69) is 15.3 Å². The maximum atomic E-state index is 12.7. The third-order valence-corrected chi connectivity index (χ3v) is 4.00. The van der Waals surface area contributed by atoms with Crippen LogP contribution in [0.5, 0.6) is 5.75 Å². The molecule has 0 radical (unpaired) electrons. The lowest BCUT2D eigenvalue weighted by Gasteiger charge is -2.33. The van der Waals surface area contributed by atoms with Crippen molar-refractivity contribution in [1.29, 1.82) is 0 Å². The first-order valence-electron chi connectivity index (χ1n) is 8.38. The molecule has 1 N–H and O–H groups in total. The lowest BCUT2D eigenvalue weighted by Crippen LogP contribution is -2.46. The number of hydrogen-bond acceptors (Lipinski definition) is 5. The fourth-order valence-corrected chi connectivity index (χ4v) is 2.62. The molecule has 6 nitrogen and oxygen atoms in total. The Kier molecular flexibility index (Phi) is 6.38. The molecule has 1 amide bonds. The highest BCUT2D eigenvalue weighted by Gasteiger charge is 2.34. The Morgan fingerprint density at radius 2 is 1.82 bits per heavy atom. The zero-order valence-corrected chi connectivity index (χ0v) is 16.5. The number of amides is 1. The van der Waals surface area contributed by atoms with Gasteiger partial charge in [-0.05, 0) is 52.0 Å². The van der Waals surface area contributed by atoms with Gasteiger partial charge in [0.2, 0.25) is 5.95 Å². The highest BCUT2D eigenvalue weighted by atomic mass is 35.5. The van der Waals surface area contributed by atoms with Gasteiger partial charge in [-0.3, -0.25) is 0 Å². The van der Waals surface area contributed by atoms with Crippen LogP contribution in [0.3, 0.4) is 0 Å². The molecule has 0 saturated carbocycles. The quantitative estimate of drug-likeness (QED) is 0.665. The largest absolute Gasteiger partial charge is 0.420 e. The fraction of sp³-hybridized carbons (Fsp3) is 0.389. The first-order chi connectivity index (χ1) is 12.9. The average molecular weight is 417 g/mol. The Morgan fingerprint density at radius 3 is 2.29 bits per heavy atom. The number of aromatic nitrogens is 2. The van der Waals surface area contributed by atoms with E-state index in [0.717, 1.165) is 0 Å². The lowest BCUT2D eigenvalue weighted by molar-refractivity contribution is -0.137. The SMILES string of the molecule is CCN(C(=O)Oc1ccc(Nc2ncc(C(F)(F)F)c(Cl)n2)cc1)C(C)(C)C. The van der Waals surface area contributed by atoms with Gasteiger partial charge in [0.15, 0.2) is 0 Å². The lowest BCUT2D eigenvalue weighted by atomic mass is 10.1. The van der Waals surface area contributed by atoms with E-state index in [-0.39, 0.29) is 11.5 Å². The van der Waals surface area contributed by atoms with Gasteiger partial charge in [0, 0.05) is 24.0 Å². The number of carbonyl (C=O) groups is 1. The first kappa shape index (κ1) is 21.7. The summed E-state index contributed by atoms with van der Waals surface area (Å²) in [6.45, 7) is 8.06. The summed E-state index contributed by atoms with van der Waals surface area (Å²) in [6.07, 6.45) is -4.49. The van der Waals surface area contributed by atoms with Crippen molar-refractivity contribution in [2.24, 2.45) is 0 Å². The maximum absolute atomic E-state index is 12.7. The van der Waals surface area contributed by atoms with E-state index in [0.29, 0.717) is 24.2 Å². The molecule has 2 aromatic rings. The van der Waals surface area contributed by atoms with Crippen molar-refractivity contribution in [2.45, 2.75) is 39.4 Å². The number of carbonyl (C=O) groups excluding carboxylic acids is 1. The van der Waals surface area contributed by atoms with Gasteiger partial charge in [-0.25, -0.2) is 14.8 Å². The molecule has 0 saturated heterocycles. The van der Waals surface area contributed by atoms with Crippen molar-refractivity contribution in [3.63, 3.8) is 0 Å². The molecular weight excluding hydrogens is 397 g/mol. The van der Waals surface area contributed by atoms with Crippen LogP contribution in [0, 0.1) is 0 Å². The van der Waals surface area contributed by atoms with Crippen molar-refractivity contribution >= 4 is 29.3 Å². The Bertz CT molecular complexity index is 836. The number of nitrogens with zero attached hydrogens (tertiary/aromatic N) is 3. The summed E-state index contributed by atoms with van der Waals surface area (Å²) in [7, 11) is 0. The topological polar surface area (TPSA) is 67.3 Å². The van der Waals surface area contributed by atoms with E-state index < -0.39 is 23.0 Å². The molecule has 0 bridgehead atoms. The minimum atomic E-state index is -4.62. The van der Waals surface area contributed by atoms with Crippen molar-refractivity contribution < 1.29 is 22.7 Å². The van der Waals surface area contributed by atoms with Gasteiger partial charge in [-0.1, -0.05) is 11.6 Å². The van der Waals surface area contributed by atoms with Crippen molar-refractivity contribution in [3.8, 4) is 5.75 Å². The summed E-state index contributed by atoms with van der Waals surface area (Å²) in [6, 6.07) is 6.24. The monoisotopic (exact) mass is 416 g/mol. The maximum Gasteiger partial charge on any atom is 0.420 e.